The Morgan fingerprint density at radius 2 is 2.19 bits per heavy atom. The van der Waals surface area contributed by atoms with Gasteiger partial charge in [0.25, 0.3) is 5.91 Å². The van der Waals surface area contributed by atoms with Crippen LogP contribution in [-0.2, 0) is 0 Å². The molecule has 3 aromatic heterocycles. The predicted molar refractivity (Wildman–Crippen MR) is 100 cm³/mol. The monoisotopic (exact) mass is 388 g/mol. The first kappa shape index (κ1) is 17.1. The van der Waals surface area contributed by atoms with Crippen LogP contribution in [-0.4, -0.2) is 44.5 Å². The second kappa shape index (κ2) is 7.09. The number of amides is 1. The van der Waals surface area contributed by atoms with E-state index in [-0.39, 0.29) is 12.0 Å². The van der Waals surface area contributed by atoms with Crippen molar-refractivity contribution < 1.29 is 9.53 Å². The highest BCUT2D eigenvalue weighted by molar-refractivity contribution is 7.16. The van der Waals surface area contributed by atoms with Crippen molar-refractivity contribution >= 4 is 28.8 Å². The Kier molecular flexibility index (Phi) is 4.65. The average molecular weight is 389 g/mol. The van der Waals surface area contributed by atoms with Gasteiger partial charge in [-0.1, -0.05) is 22.9 Å². The fourth-order valence-electron chi connectivity index (χ4n) is 2.94. The number of thiazole rings is 1. The molecule has 0 aliphatic carbocycles. The normalized spacial score (nSPS) is 16.8. The fraction of sp³-hybridized carbons (Fsp3) is 0.278. The van der Waals surface area contributed by atoms with Crippen LogP contribution in [0.25, 0.3) is 5.13 Å². The van der Waals surface area contributed by atoms with Crippen LogP contribution in [0, 0.1) is 6.92 Å². The van der Waals surface area contributed by atoms with Gasteiger partial charge in [-0.3, -0.25) is 9.78 Å². The molecule has 1 fully saturated rings. The smallest absolute Gasteiger partial charge is 0.266 e. The van der Waals surface area contributed by atoms with E-state index in [0.717, 1.165) is 17.2 Å². The number of nitrogens with zero attached hydrogens (tertiary/aromatic N) is 4. The van der Waals surface area contributed by atoms with Crippen molar-refractivity contribution in [2.45, 2.75) is 19.4 Å². The van der Waals surface area contributed by atoms with Crippen LogP contribution < -0.4 is 4.74 Å². The molecule has 1 aliphatic heterocycles. The maximum atomic E-state index is 12.9. The summed E-state index contributed by atoms with van der Waals surface area (Å²) in [6.45, 7) is 3.06. The second-order valence-corrected chi connectivity index (χ2v) is 7.47. The van der Waals surface area contributed by atoms with Gasteiger partial charge >= 0.3 is 0 Å². The summed E-state index contributed by atoms with van der Waals surface area (Å²) in [6.07, 6.45) is 7.74. The minimum absolute atomic E-state index is 0.00494. The SMILES string of the molecule is Cc1nc(-n2cccc2)sc1C(=O)N1CC[C@@H](Oc2ccncc2Cl)C1. The maximum absolute atomic E-state index is 12.9. The number of carbonyl (C=O) groups is 1. The highest BCUT2D eigenvalue weighted by Gasteiger charge is 2.30. The van der Waals surface area contributed by atoms with Crippen LogP contribution in [0.4, 0.5) is 0 Å². The van der Waals surface area contributed by atoms with E-state index in [9.17, 15) is 4.79 Å². The molecule has 1 amide bonds. The summed E-state index contributed by atoms with van der Waals surface area (Å²) < 4.78 is 7.85. The number of likely N-dealkylation sites (tertiary alicyclic amines) is 1. The van der Waals surface area contributed by atoms with Crippen LogP contribution >= 0.6 is 22.9 Å². The predicted octanol–water partition coefficient (Wildman–Crippen LogP) is 3.58. The van der Waals surface area contributed by atoms with Gasteiger partial charge in [0.2, 0.25) is 0 Å². The largest absolute Gasteiger partial charge is 0.487 e. The van der Waals surface area contributed by atoms with Gasteiger partial charge in [0, 0.05) is 43.8 Å². The van der Waals surface area contributed by atoms with Crippen molar-refractivity contribution in [2.75, 3.05) is 13.1 Å². The van der Waals surface area contributed by atoms with E-state index in [1.54, 1.807) is 18.5 Å². The van der Waals surface area contributed by atoms with Gasteiger partial charge in [-0.25, -0.2) is 4.98 Å². The zero-order chi connectivity index (χ0) is 18.1. The maximum Gasteiger partial charge on any atom is 0.266 e. The number of carbonyl (C=O) groups excluding carboxylic acids is 1. The van der Waals surface area contributed by atoms with Crippen LogP contribution in [0.3, 0.4) is 0 Å². The highest BCUT2D eigenvalue weighted by Crippen LogP contribution is 2.28. The Morgan fingerprint density at radius 1 is 1.38 bits per heavy atom. The molecule has 0 radical (unpaired) electrons. The molecule has 0 spiro atoms. The molecule has 8 heteroatoms. The third-order valence-corrected chi connectivity index (χ3v) is 5.71. The van der Waals surface area contributed by atoms with Gasteiger partial charge < -0.3 is 14.2 Å². The molecule has 0 unspecified atom stereocenters. The summed E-state index contributed by atoms with van der Waals surface area (Å²) >= 11 is 7.50. The van der Waals surface area contributed by atoms with E-state index in [4.69, 9.17) is 16.3 Å². The molecule has 1 aliphatic rings. The van der Waals surface area contributed by atoms with Gasteiger partial charge in [-0.2, -0.15) is 0 Å². The average Bonchev–Trinajstić information content (AvgIpc) is 3.36. The molecule has 0 saturated carbocycles. The van der Waals surface area contributed by atoms with Gasteiger partial charge in [0.05, 0.1) is 12.2 Å². The summed E-state index contributed by atoms with van der Waals surface area (Å²) in [4.78, 5) is 23.9. The van der Waals surface area contributed by atoms with Gasteiger partial charge in [0.15, 0.2) is 5.13 Å². The van der Waals surface area contributed by atoms with Crippen LogP contribution in [0.15, 0.2) is 43.0 Å². The summed E-state index contributed by atoms with van der Waals surface area (Å²) in [5, 5.41) is 1.28. The van der Waals surface area contributed by atoms with E-state index >= 15 is 0 Å². The van der Waals surface area contributed by atoms with Crippen molar-refractivity contribution in [3.63, 3.8) is 0 Å². The highest BCUT2D eigenvalue weighted by atomic mass is 35.5. The molecule has 134 valence electrons. The number of aromatic nitrogens is 3. The minimum Gasteiger partial charge on any atom is -0.487 e. The number of ether oxygens (including phenoxy) is 1. The number of halogens is 1. The molecular formula is C18H17ClN4O2S. The molecule has 0 aromatic carbocycles. The Bertz CT molecular complexity index is 925. The molecule has 4 rings (SSSR count). The molecule has 26 heavy (non-hydrogen) atoms. The second-order valence-electron chi connectivity index (χ2n) is 6.09. The van der Waals surface area contributed by atoms with E-state index in [0.29, 0.717) is 28.7 Å². The van der Waals surface area contributed by atoms with E-state index in [2.05, 4.69) is 9.97 Å². The minimum atomic E-state index is -0.0732. The van der Waals surface area contributed by atoms with E-state index in [1.807, 2.05) is 40.9 Å². The molecular weight excluding hydrogens is 372 g/mol. The molecule has 6 nitrogen and oxygen atoms in total. The lowest BCUT2D eigenvalue weighted by atomic mass is 10.3. The van der Waals surface area contributed by atoms with Crippen molar-refractivity contribution in [3.8, 4) is 10.9 Å². The van der Waals surface area contributed by atoms with Crippen LogP contribution in [0.5, 0.6) is 5.75 Å². The van der Waals surface area contributed by atoms with Crippen LogP contribution in [0.2, 0.25) is 5.02 Å². The molecule has 1 saturated heterocycles. The molecule has 0 bridgehead atoms. The Hall–Kier alpha value is -2.38. The number of rotatable bonds is 4. The molecule has 0 N–H and O–H groups in total. The Labute approximate surface area is 160 Å². The lowest BCUT2D eigenvalue weighted by Gasteiger charge is -2.17. The lowest BCUT2D eigenvalue weighted by Crippen LogP contribution is -2.30. The number of hydrogen-bond donors (Lipinski definition) is 0. The molecule has 4 heterocycles. The number of pyridine rings is 1. The first-order valence-electron chi connectivity index (χ1n) is 8.28. The standard InChI is InChI=1S/C18H17ClN4O2S/c1-12-16(26-18(21-12)22-7-2-3-8-22)17(24)23-9-5-13(11-23)25-15-4-6-20-10-14(15)19/h2-4,6-8,10,13H,5,9,11H2,1H3/t13-/m1/s1. The lowest BCUT2D eigenvalue weighted by molar-refractivity contribution is 0.0776. The Morgan fingerprint density at radius 3 is 2.96 bits per heavy atom. The van der Waals surface area contributed by atoms with Crippen molar-refractivity contribution in [1.82, 2.24) is 19.4 Å². The molecule has 1 atom stereocenters. The summed E-state index contributed by atoms with van der Waals surface area (Å²) in [5.41, 5.74) is 0.755. The first-order valence-corrected chi connectivity index (χ1v) is 9.47. The van der Waals surface area contributed by atoms with Gasteiger partial charge in [-0.15, -0.1) is 0 Å². The zero-order valence-electron chi connectivity index (χ0n) is 14.1. The van der Waals surface area contributed by atoms with Crippen LogP contribution in [0.1, 0.15) is 21.8 Å². The summed E-state index contributed by atoms with van der Waals surface area (Å²) in [7, 11) is 0. The first-order chi connectivity index (χ1) is 12.6. The summed E-state index contributed by atoms with van der Waals surface area (Å²) in [5.74, 6) is 0.607. The third kappa shape index (κ3) is 3.32. The van der Waals surface area contributed by atoms with E-state index < -0.39 is 0 Å². The topological polar surface area (TPSA) is 60.2 Å². The molecule has 3 aromatic rings. The fourth-order valence-corrected chi connectivity index (χ4v) is 4.11. The van der Waals surface area contributed by atoms with Gasteiger partial charge in [-0.05, 0) is 19.1 Å². The van der Waals surface area contributed by atoms with Crippen molar-refractivity contribution in [2.24, 2.45) is 0 Å². The Balaban J connectivity index is 1.46. The quantitative estimate of drug-likeness (QED) is 0.685. The summed E-state index contributed by atoms with van der Waals surface area (Å²) in [6, 6.07) is 5.61. The zero-order valence-corrected chi connectivity index (χ0v) is 15.7. The van der Waals surface area contributed by atoms with E-state index in [1.165, 1.54) is 11.3 Å². The van der Waals surface area contributed by atoms with Crippen molar-refractivity contribution in [1.29, 1.82) is 0 Å². The third-order valence-electron chi connectivity index (χ3n) is 4.27. The number of aryl methyl sites for hydroxylation is 1. The van der Waals surface area contributed by atoms with Crippen molar-refractivity contribution in [3.05, 3.63) is 58.6 Å². The van der Waals surface area contributed by atoms with Gasteiger partial charge in [0.1, 0.15) is 21.8 Å². The number of hydrogen-bond acceptors (Lipinski definition) is 5.